The molecule has 0 aromatic rings. The third kappa shape index (κ3) is 69.5. The first-order chi connectivity index (χ1) is 42.6. The Hall–Kier alpha value is -3.79. The van der Waals surface area contributed by atoms with E-state index >= 15 is 0 Å². The molecule has 0 rings (SSSR count). The van der Waals surface area contributed by atoms with Crippen LogP contribution in [0.4, 0.5) is 0 Å². The molecular formula is C78H138NO8+. The highest BCUT2D eigenvalue weighted by molar-refractivity contribution is 5.71. The molecular weight excluding hydrogens is 1080 g/mol. The van der Waals surface area contributed by atoms with Crippen molar-refractivity contribution in [1.82, 2.24) is 0 Å². The van der Waals surface area contributed by atoms with Gasteiger partial charge in [-0.15, -0.1) is 0 Å². The third-order valence-corrected chi connectivity index (χ3v) is 15.8. The Bertz CT molecular complexity index is 1750. The van der Waals surface area contributed by atoms with Crippen LogP contribution in [0.1, 0.15) is 322 Å². The zero-order valence-electron chi connectivity index (χ0n) is 57.4. The van der Waals surface area contributed by atoms with Crippen LogP contribution >= 0.6 is 0 Å². The first-order valence-electron chi connectivity index (χ1n) is 36.4. The van der Waals surface area contributed by atoms with Gasteiger partial charge in [-0.05, 0) is 96.3 Å². The molecule has 0 radical (unpaired) electrons. The Morgan fingerprint density at radius 2 is 0.655 bits per heavy atom. The van der Waals surface area contributed by atoms with Gasteiger partial charge in [0.15, 0.2) is 6.10 Å². The van der Waals surface area contributed by atoms with Crippen LogP contribution in [0.3, 0.4) is 0 Å². The van der Waals surface area contributed by atoms with Crippen LogP contribution < -0.4 is 0 Å². The molecule has 0 fully saturated rings. The Labute approximate surface area is 537 Å². The quantitative estimate of drug-likeness (QED) is 0.0211. The van der Waals surface area contributed by atoms with E-state index < -0.39 is 24.3 Å². The van der Waals surface area contributed by atoms with E-state index in [0.29, 0.717) is 17.4 Å². The monoisotopic (exact) mass is 1220 g/mol. The summed E-state index contributed by atoms with van der Waals surface area (Å²) < 4.78 is 23.0. The molecule has 1 N–H and O–H groups in total. The van der Waals surface area contributed by atoms with Gasteiger partial charge in [0.2, 0.25) is 0 Å². The lowest BCUT2D eigenvalue weighted by Crippen LogP contribution is -2.40. The number of esters is 2. The van der Waals surface area contributed by atoms with Crippen molar-refractivity contribution in [1.29, 1.82) is 0 Å². The van der Waals surface area contributed by atoms with Gasteiger partial charge in [0.25, 0.3) is 6.29 Å². The normalized spacial score (nSPS) is 13.3. The van der Waals surface area contributed by atoms with Crippen LogP contribution in [0.5, 0.6) is 0 Å². The maximum absolute atomic E-state index is 13.0. The summed E-state index contributed by atoms with van der Waals surface area (Å²) in [6, 6.07) is 0. The number of ether oxygens (including phenoxy) is 4. The number of hydrogen-bond donors (Lipinski definition) is 1. The molecule has 0 aromatic heterocycles. The lowest BCUT2D eigenvalue weighted by molar-refractivity contribution is -0.870. The molecule has 0 saturated carbocycles. The molecule has 9 nitrogen and oxygen atoms in total. The number of quaternary nitrogens is 1. The van der Waals surface area contributed by atoms with Crippen LogP contribution in [-0.4, -0.2) is 87.4 Å². The molecule has 2 atom stereocenters. The molecule has 502 valence electrons. The molecule has 0 amide bonds. The highest BCUT2D eigenvalue weighted by Gasteiger charge is 2.25. The molecule has 0 aliphatic carbocycles. The molecule has 2 unspecified atom stereocenters. The Morgan fingerprint density at radius 3 is 0.977 bits per heavy atom. The predicted molar refractivity (Wildman–Crippen MR) is 373 cm³/mol. The average molecular weight is 1220 g/mol. The number of rotatable bonds is 67. The molecule has 0 aliphatic rings. The average Bonchev–Trinajstić information content (AvgIpc) is 3.55. The first kappa shape index (κ1) is 83.2. The van der Waals surface area contributed by atoms with Crippen LogP contribution in [0.15, 0.2) is 97.2 Å². The zero-order valence-corrected chi connectivity index (χ0v) is 57.4. The fourth-order valence-corrected chi connectivity index (χ4v) is 10.3. The van der Waals surface area contributed by atoms with Gasteiger partial charge in [-0.25, -0.2) is 4.79 Å². The van der Waals surface area contributed by atoms with Crippen molar-refractivity contribution in [3.05, 3.63) is 97.2 Å². The van der Waals surface area contributed by atoms with Crippen LogP contribution in [0, 0.1) is 0 Å². The van der Waals surface area contributed by atoms with Crippen LogP contribution in [0.2, 0.25) is 0 Å². The SMILES string of the molecule is CC/C=C\C/C=C\C/C=C\C/C=C\C/C=C\C/C=C\CCCCCCCCCCCCCCCCCCCCCCC(=O)OC(COC(=O)CCCCCCCCCCCCC/C=C\C/C=C\CCCCCCC)COC(OCC[N+](C)(C)C)C(=O)O. The number of allylic oxidation sites excluding steroid dienone is 16. The van der Waals surface area contributed by atoms with Gasteiger partial charge < -0.3 is 28.5 Å². The van der Waals surface area contributed by atoms with E-state index in [-0.39, 0.29) is 32.2 Å². The molecule has 0 saturated heterocycles. The second-order valence-electron chi connectivity index (χ2n) is 25.5. The standard InChI is InChI=1S/C78H137NO8/c1-6-8-10-12-14-16-18-20-22-24-26-28-30-31-32-33-34-35-36-37-38-39-40-41-42-43-44-45-47-49-51-53-55-57-59-61-63-65-67-69-76(81)87-74(73-86-78(77(82)83)84-71-70-79(3,4)5)72-85-75(80)68-66-64-62-60-58-56-54-52-50-48-46-29-27-25-23-21-19-17-15-13-11-9-7-2/h8,10,14,16,19-22,25-28,31-32,34-35,74,78H,6-7,9,11-13,15,17-18,23-24,29-30,33,36-73H2,1-5H3/p+1/b10-8-,16-14-,21-19-,22-20-,27-25-,28-26-,32-31-,35-34-. The maximum Gasteiger partial charge on any atom is 0.361 e. The maximum atomic E-state index is 13.0. The highest BCUT2D eigenvalue weighted by atomic mass is 16.7. The number of carboxylic acid groups (broad SMARTS) is 1. The number of nitrogens with zero attached hydrogens (tertiary/aromatic N) is 1. The van der Waals surface area contributed by atoms with Gasteiger partial charge in [-0.3, -0.25) is 9.59 Å². The topological polar surface area (TPSA) is 108 Å². The van der Waals surface area contributed by atoms with Crippen LogP contribution in [0.25, 0.3) is 0 Å². The van der Waals surface area contributed by atoms with E-state index in [2.05, 4.69) is 111 Å². The Balaban J connectivity index is 4.04. The number of carboxylic acids is 1. The van der Waals surface area contributed by atoms with Gasteiger partial charge in [0.05, 0.1) is 34.4 Å². The van der Waals surface area contributed by atoms with E-state index in [1.807, 2.05) is 21.1 Å². The molecule has 0 heterocycles. The Morgan fingerprint density at radius 1 is 0.356 bits per heavy atom. The Kier molecular flexibility index (Phi) is 65.2. The lowest BCUT2D eigenvalue weighted by atomic mass is 10.0. The predicted octanol–water partition coefficient (Wildman–Crippen LogP) is 22.8. The molecule has 87 heavy (non-hydrogen) atoms. The third-order valence-electron chi connectivity index (χ3n) is 15.8. The second-order valence-corrected chi connectivity index (χ2v) is 25.5. The summed E-state index contributed by atoms with van der Waals surface area (Å²) in [5, 5.41) is 9.75. The minimum absolute atomic E-state index is 0.183. The van der Waals surface area contributed by atoms with E-state index in [0.717, 1.165) is 83.5 Å². The second kappa shape index (κ2) is 68.1. The van der Waals surface area contributed by atoms with E-state index in [1.54, 1.807) is 0 Å². The number of aliphatic carboxylic acids is 1. The van der Waals surface area contributed by atoms with Gasteiger partial charge in [-0.2, -0.15) is 0 Å². The zero-order chi connectivity index (χ0) is 63.3. The minimum Gasteiger partial charge on any atom is -0.477 e. The fourth-order valence-electron chi connectivity index (χ4n) is 10.3. The highest BCUT2D eigenvalue weighted by Crippen LogP contribution is 2.18. The summed E-state index contributed by atoms with van der Waals surface area (Å²) in [5.41, 5.74) is 0. The number of carbonyl (C=O) groups excluding carboxylic acids is 2. The van der Waals surface area contributed by atoms with Crippen molar-refractivity contribution in [2.75, 3.05) is 47.5 Å². The van der Waals surface area contributed by atoms with Crippen LogP contribution in [-0.2, 0) is 33.3 Å². The molecule has 0 aromatic carbocycles. The summed E-state index contributed by atoms with van der Waals surface area (Å²) >= 11 is 0. The number of unbranched alkanes of at least 4 members (excludes halogenated alkanes) is 36. The molecule has 0 spiro atoms. The van der Waals surface area contributed by atoms with Crippen molar-refractivity contribution in [2.45, 2.75) is 334 Å². The number of likely N-dealkylation sites (N-methyl/N-ethyl adjacent to an activating group) is 1. The molecule has 9 heteroatoms. The molecule has 0 bridgehead atoms. The smallest absolute Gasteiger partial charge is 0.361 e. The van der Waals surface area contributed by atoms with Crippen molar-refractivity contribution in [3.63, 3.8) is 0 Å². The van der Waals surface area contributed by atoms with E-state index in [4.69, 9.17) is 18.9 Å². The summed E-state index contributed by atoms with van der Waals surface area (Å²) in [5.74, 6) is -1.99. The lowest BCUT2D eigenvalue weighted by Gasteiger charge is -2.25. The van der Waals surface area contributed by atoms with E-state index in [1.165, 1.54) is 212 Å². The van der Waals surface area contributed by atoms with Gasteiger partial charge >= 0.3 is 17.9 Å². The van der Waals surface area contributed by atoms with Gasteiger partial charge in [0, 0.05) is 12.8 Å². The molecule has 0 aliphatic heterocycles. The summed E-state index contributed by atoms with van der Waals surface area (Å²) in [7, 11) is 5.98. The minimum atomic E-state index is -1.51. The fraction of sp³-hybridized carbons (Fsp3) is 0.756. The summed E-state index contributed by atoms with van der Waals surface area (Å²) in [6.45, 7) is 4.79. The van der Waals surface area contributed by atoms with Gasteiger partial charge in [0.1, 0.15) is 13.2 Å². The summed E-state index contributed by atoms with van der Waals surface area (Å²) in [6.07, 6.45) is 91.0. The van der Waals surface area contributed by atoms with Crippen molar-refractivity contribution in [2.24, 2.45) is 0 Å². The number of hydrogen-bond acceptors (Lipinski definition) is 7. The van der Waals surface area contributed by atoms with Crippen molar-refractivity contribution >= 4 is 17.9 Å². The van der Waals surface area contributed by atoms with Gasteiger partial charge in [-0.1, -0.05) is 310 Å². The largest absolute Gasteiger partial charge is 0.477 e. The van der Waals surface area contributed by atoms with E-state index in [9.17, 15) is 19.5 Å². The summed E-state index contributed by atoms with van der Waals surface area (Å²) in [4.78, 5) is 37.6. The number of carbonyl (C=O) groups is 3. The first-order valence-corrected chi connectivity index (χ1v) is 36.4. The van der Waals surface area contributed by atoms with Crippen molar-refractivity contribution < 1.29 is 42.9 Å². The van der Waals surface area contributed by atoms with Crippen molar-refractivity contribution in [3.8, 4) is 0 Å².